The Balaban J connectivity index is 1.69. The first-order valence-corrected chi connectivity index (χ1v) is 7.45. The molecule has 2 aliphatic heterocycles. The summed E-state index contributed by atoms with van der Waals surface area (Å²) in [6.45, 7) is 3.80. The van der Waals surface area contributed by atoms with Crippen molar-refractivity contribution in [1.82, 2.24) is 10.6 Å². The van der Waals surface area contributed by atoms with Gasteiger partial charge in [0.15, 0.2) is 0 Å². The van der Waals surface area contributed by atoms with Gasteiger partial charge in [0.05, 0.1) is 18.8 Å². The molecule has 1 spiro atoms. The summed E-state index contributed by atoms with van der Waals surface area (Å²) in [5.74, 6) is 0.0227. The highest BCUT2D eigenvalue weighted by Crippen LogP contribution is 2.34. The number of hydrogen-bond acceptors (Lipinski definition) is 5. The topological polar surface area (TPSA) is 68.8 Å². The van der Waals surface area contributed by atoms with Crippen LogP contribution in [0.25, 0.3) is 0 Å². The summed E-state index contributed by atoms with van der Waals surface area (Å²) < 4.78 is 16.3. The molecule has 0 saturated carbocycles. The second kappa shape index (κ2) is 7.93. The van der Waals surface area contributed by atoms with E-state index < -0.39 is 0 Å². The highest BCUT2D eigenvalue weighted by molar-refractivity contribution is 5.77. The lowest BCUT2D eigenvalue weighted by atomic mass is 9.84. The molecule has 20 heavy (non-hydrogen) atoms. The van der Waals surface area contributed by atoms with Crippen molar-refractivity contribution in [2.45, 2.75) is 37.3 Å². The Morgan fingerprint density at radius 1 is 1.35 bits per heavy atom. The third-order valence-corrected chi connectivity index (χ3v) is 4.08. The summed E-state index contributed by atoms with van der Waals surface area (Å²) in [4.78, 5) is 11.6. The van der Waals surface area contributed by atoms with Crippen molar-refractivity contribution < 1.29 is 19.0 Å². The summed E-state index contributed by atoms with van der Waals surface area (Å²) in [7, 11) is 1.62. The average molecular weight is 286 g/mol. The second-order valence-electron chi connectivity index (χ2n) is 5.56. The van der Waals surface area contributed by atoms with Crippen LogP contribution < -0.4 is 10.6 Å². The Bertz CT molecular complexity index is 300. The molecule has 2 aliphatic rings. The molecule has 6 heteroatoms. The number of amides is 1. The van der Waals surface area contributed by atoms with Crippen molar-refractivity contribution in [3.05, 3.63) is 0 Å². The number of carbonyl (C=O) groups is 1. The van der Waals surface area contributed by atoms with Gasteiger partial charge >= 0.3 is 0 Å². The van der Waals surface area contributed by atoms with Crippen molar-refractivity contribution in [2.75, 3.05) is 46.6 Å². The van der Waals surface area contributed by atoms with Gasteiger partial charge in [0.1, 0.15) is 0 Å². The van der Waals surface area contributed by atoms with Crippen molar-refractivity contribution in [2.24, 2.45) is 0 Å². The Morgan fingerprint density at radius 2 is 2.15 bits per heavy atom. The molecule has 2 heterocycles. The second-order valence-corrected chi connectivity index (χ2v) is 5.56. The Kier molecular flexibility index (Phi) is 6.22. The van der Waals surface area contributed by atoms with Gasteiger partial charge in [-0.1, -0.05) is 0 Å². The largest absolute Gasteiger partial charge is 0.383 e. The molecule has 0 aromatic heterocycles. The van der Waals surface area contributed by atoms with Gasteiger partial charge in [-0.3, -0.25) is 4.79 Å². The molecule has 1 atom stereocenters. The van der Waals surface area contributed by atoms with Gasteiger partial charge in [0, 0.05) is 39.5 Å². The molecule has 0 bridgehead atoms. The fraction of sp³-hybridized carbons (Fsp3) is 0.929. The third-order valence-electron chi connectivity index (χ3n) is 4.08. The highest BCUT2D eigenvalue weighted by atomic mass is 16.5. The molecule has 0 radical (unpaired) electrons. The van der Waals surface area contributed by atoms with E-state index in [1.54, 1.807) is 7.11 Å². The zero-order valence-corrected chi connectivity index (χ0v) is 12.3. The first kappa shape index (κ1) is 15.7. The van der Waals surface area contributed by atoms with E-state index in [4.69, 9.17) is 14.2 Å². The van der Waals surface area contributed by atoms with Gasteiger partial charge < -0.3 is 24.8 Å². The molecule has 1 amide bonds. The molecule has 2 N–H and O–H groups in total. The number of hydrogen-bond donors (Lipinski definition) is 2. The van der Waals surface area contributed by atoms with Crippen LogP contribution in [0, 0.1) is 0 Å². The summed E-state index contributed by atoms with van der Waals surface area (Å²) in [6.07, 6.45) is 3.87. The third kappa shape index (κ3) is 4.70. The maximum Gasteiger partial charge on any atom is 0.234 e. The predicted molar refractivity (Wildman–Crippen MR) is 74.6 cm³/mol. The van der Waals surface area contributed by atoms with Crippen LogP contribution >= 0.6 is 0 Å². The van der Waals surface area contributed by atoms with Crippen LogP contribution in [0.2, 0.25) is 0 Å². The van der Waals surface area contributed by atoms with Crippen molar-refractivity contribution in [1.29, 1.82) is 0 Å². The monoisotopic (exact) mass is 286 g/mol. The summed E-state index contributed by atoms with van der Waals surface area (Å²) in [5.41, 5.74) is -0.0271. The minimum Gasteiger partial charge on any atom is -0.383 e. The zero-order chi connectivity index (χ0) is 14.3. The Morgan fingerprint density at radius 3 is 2.90 bits per heavy atom. The lowest BCUT2D eigenvalue weighted by molar-refractivity contribution is -0.141. The Labute approximate surface area is 120 Å². The van der Waals surface area contributed by atoms with E-state index in [2.05, 4.69) is 10.6 Å². The van der Waals surface area contributed by atoms with Gasteiger partial charge in [-0.2, -0.15) is 0 Å². The summed E-state index contributed by atoms with van der Waals surface area (Å²) in [6, 6.07) is 0.357. The van der Waals surface area contributed by atoms with Crippen LogP contribution in [-0.2, 0) is 19.0 Å². The molecular weight excluding hydrogens is 260 g/mol. The molecule has 116 valence electrons. The fourth-order valence-corrected chi connectivity index (χ4v) is 2.89. The lowest BCUT2D eigenvalue weighted by Crippen LogP contribution is -2.51. The van der Waals surface area contributed by atoms with E-state index in [1.807, 2.05) is 0 Å². The SMILES string of the molecule is COCCNC(=O)CNC1CCOC2(CCOCC2)C1. The Hall–Kier alpha value is -0.690. The number of methoxy groups -OCH3 is 1. The maximum absolute atomic E-state index is 11.6. The zero-order valence-electron chi connectivity index (χ0n) is 12.3. The minimum absolute atomic E-state index is 0.0227. The normalized spacial score (nSPS) is 25.6. The van der Waals surface area contributed by atoms with Gasteiger partial charge in [-0.05, 0) is 25.7 Å². The standard InChI is InChI=1S/C14H26N2O4/c1-18-9-5-15-13(17)11-16-12-2-6-20-14(10-12)3-7-19-8-4-14/h12,16H,2-11H2,1H3,(H,15,17). The first-order chi connectivity index (χ1) is 9.74. The van der Waals surface area contributed by atoms with E-state index >= 15 is 0 Å². The van der Waals surface area contributed by atoms with Crippen LogP contribution in [0.15, 0.2) is 0 Å². The number of carbonyl (C=O) groups excluding carboxylic acids is 1. The van der Waals surface area contributed by atoms with Crippen LogP contribution in [0.1, 0.15) is 25.7 Å². The van der Waals surface area contributed by atoms with Crippen LogP contribution in [0.5, 0.6) is 0 Å². The molecular formula is C14H26N2O4. The van der Waals surface area contributed by atoms with Gasteiger partial charge in [0.2, 0.25) is 5.91 Å². The molecule has 1 unspecified atom stereocenters. The fourth-order valence-electron chi connectivity index (χ4n) is 2.89. The van der Waals surface area contributed by atoms with Gasteiger partial charge in [0.25, 0.3) is 0 Å². The number of nitrogens with one attached hydrogen (secondary N) is 2. The average Bonchev–Trinajstić information content (AvgIpc) is 2.46. The quantitative estimate of drug-likeness (QED) is 0.676. The van der Waals surface area contributed by atoms with E-state index in [9.17, 15) is 4.79 Å². The molecule has 2 rings (SSSR count). The molecule has 2 saturated heterocycles. The van der Waals surface area contributed by atoms with Crippen molar-refractivity contribution in [3.63, 3.8) is 0 Å². The van der Waals surface area contributed by atoms with E-state index in [0.717, 1.165) is 45.5 Å². The number of ether oxygens (including phenoxy) is 3. The van der Waals surface area contributed by atoms with E-state index in [0.29, 0.717) is 25.7 Å². The van der Waals surface area contributed by atoms with E-state index in [1.165, 1.54) is 0 Å². The number of rotatable bonds is 6. The van der Waals surface area contributed by atoms with Gasteiger partial charge in [-0.25, -0.2) is 0 Å². The molecule has 6 nitrogen and oxygen atoms in total. The van der Waals surface area contributed by atoms with Crippen LogP contribution in [-0.4, -0.2) is 64.2 Å². The smallest absolute Gasteiger partial charge is 0.234 e. The van der Waals surface area contributed by atoms with Crippen molar-refractivity contribution >= 4 is 5.91 Å². The van der Waals surface area contributed by atoms with E-state index in [-0.39, 0.29) is 11.5 Å². The van der Waals surface area contributed by atoms with Crippen LogP contribution in [0.4, 0.5) is 0 Å². The van der Waals surface area contributed by atoms with Crippen molar-refractivity contribution in [3.8, 4) is 0 Å². The highest BCUT2D eigenvalue weighted by Gasteiger charge is 2.38. The lowest BCUT2D eigenvalue weighted by Gasteiger charge is -2.43. The molecule has 0 aromatic carbocycles. The maximum atomic E-state index is 11.6. The minimum atomic E-state index is -0.0271. The summed E-state index contributed by atoms with van der Waals surface area (Å²) in [5, 5.41) is 6.16. The first-order valence-electron chi connectivity index (χ1n) is 7.45. The molecule has 0 aliphatic carbocycles. The van der Waals surface area contributed by atoms with Crippen LogP contribution in [0.3, 0.4) is 0 Å². The molecule has 0 aromatic rings. The predicted octanol–water partition coefficient (Wildman–Crippen LogP) is 0.0668. The summed E-state index contributed by atoms with van der Waals surface area (Å²) >= 11 is 0. The van der Waals surface area contributed by atoms with Gasteiger partial charge in [-0.15, -0.1) is 0 Å². The molecule has 2 fully saturated rings.